The first kappa shape index (κ1) is 50.8. The van der Waals surface area contributed by atoms with Gasteiger partial charge in [-0.1, -0.05) is 187 Å². The summed E-state index contributed by atoms with van der Waals surface area (Å²) in [6.45, 7) is 9.49. The number of quaternary nitrogens is 1. The third kappa shape index (κ3) is 27.4. The molecule has 1 aliphatic rings. The van der Waals surface area contributed by atoms with Gasteiger partial charge in [0.2, 0.25) is 5.90 Å². The Hall–Kier alpha value is -1.18. The second-order valence-electron chi connectivity index (χ2n) is 17.0. The lowest BCUT2D eigenvalue weighted by molar-refractivity contribution is -0.952. The van der Waals surface area contributed by atoms with E-state index < -0.39 is 0 Å². The lowest BCUT2D eigenvalue weighted by Gasteiger charge is -2.43. The van der Waals surface area contributed by atoms with E-state index in [-0.39, 0.29) is 6.23 Å². The lowest BCUT2D eigenvalue weighted by atomic mass is 10.0. The van der Waals surface area contributed by atoms with Crippen LogP contribution < -0.4 is 0 Å². The van der Waals surface area contributed by atoms with Crippen LogP contribution in [0.5, 0.6) is 0 Å². The fourth-order valence-corrected chi connectivity index (χ4v) is 8.19. The van der Waals surface area contributed by atoms with E-state index in [1.165, 1.54) is 167 Å². The van der Waals surface area contributed by atoms with E-state index in [1.54, 1.807) is 6.92 Å². The van der Waals surface area contributed by atoms with Crippen molar-refractivity contribution in [3.8, 4) is 0 Å². The zero-order valence-electron chi connectivity index (χ0n) is 36.4. The summed E-state index contributed by atoms with van der Waals surface area (Å²) in [7, 11) is 2.35. The van der Waals surface area contributed by atoms with Crippen molar-refractivity contribution in [2.24, 2.45) is 4.40 Å². The second kappa shape index (κ2) is 36.2. The normalized spacial score (nSPS) is 16.8. The largest absolute Gasteiger partial charge is 0.476 e. The van der Waals surface area contributed by atoms with Crippen molar-refractivity contribution in [3.63, 3.8) is 0 Å². The number of unbranched alkanes of at least 4 members (excludes halogenated alkanes) is 27. The summed E-state index contributed by atoms with van der Waals surface area (Å²) in [6.07, 6.45) is 44.4. The van der Waals surface area contributed by atoms with E-state index in [0.717, 1.165) is 74.7 Å². The highest BCUT2D eigenvalue weighted by Gasteiger charge is 2.37. The van der Waals surface area contributed by atoms with Crippen molar-refractivity contribution < 1.29 is 18.8 Å². The van der Waals surface area contributed by atoms with Gasteiger partial charge in [0.25, 0.3) is 0 Å². The Morgan fingerprint density at radius 3 is 1.59 bits per heavy atom. The number of carbonyl (C=O) groups excluding carboxylic acids is 1. The van der Waals surface area contributed by atoms with Gasteiger partial charge in [0.1, 0.15) is 18.0 Å². The van der Waals surface area contributed by atoms with Crippen molar-refractivity contribution >= 4 is 30.2 Å². The van der Waals surface area contributed by atoms with Crippen molar-refractivity contribution in [2.45, 2.75) is 239 Å². The summed E-state index contributed by atoms with van der Waals surface area (Å²) in [4.78, 5) is 11.0. The maximum atomic E-state index is 11.0. The third-order valence-corrected chi connectivity index (χ3v) is 11.8. The number of nitrogens with zero attached hydrogens (tertiary/aromatic N) is 2. The molecule has 7 heteroatoms. The molecule has 54 heavy (non-hydrogen) atoms. The number of thiol groups is 1. The molecule has 0 aliphatic carbocycles. The minimum atomic E-state index is 0.168. The molecule has 0 spiro atoms. The van der Waals surface area contributed by atoms with E-state index in [9.17, 15) is 4.79 Å². The summed E-state index contributed by atoms with van der Waals surface area (Å²) in [5.74, 6) is 0.701. The van der Waals surface area contributed by atoms with Gasteiger partial charge in [-0.05, 0) is 45.4 Å². The summed E-state index contributed by atoms with van der Waals surface area (Å²) >= 11 is 4.19. The molecule has 0 radical (unpaired) electrons. The Morgan fingerprint density at radius 2 is 1.11 bits per heavy atom. The van der Waals surface area contributed by atoms with Crippen LogP contribution in [0.2, 0.25) is 0 Å². The zero-order chi connectivity index (χ0) is 39.4. The van der Waals surface area contributed by atoms with Crippen LogP contribution >= 0.6 is 12.8 Å². The number of hydrogen-bond acceptors (Lipinski definition) is 6. The molecule has 0 bridgehead atoms. The second-order valence-corrected chi connectivity index (χ2v) is 17.2. The van der Waals surface area contributed by atoms with Gasteiger partial charge >= 0.3 is 0 Å². The third-order valence-electron chi connectivity index (χ3n) is 11.7. The van der Waals surface area contributed by atoms with Gasteiger partial charge in [-0.15, -0.1) is 0 Å². The Kier molecular flexibility index (Phi) is 34.1. The Labute approximate surface area is 341 Å². The van der Waals surface area contributed by atoms with Gasteiger partial charge in [0, 0.05) is 24.8 Å². The highest BCUT2D eigenvalue weighted by atomic mass is 32.1. The number of hydrogen-bond donors (Lipinski definition) is 2. The topological polar surface area (TPSA) is 71.7 Å². The van der Waals surface area contributed by atoms with Crippen molar-refractivity contribution in [3.05, 3.63) is 11.6 Å². The monoisotopic (exact) mass is 777 g/mol. The highest BCUT2D eigenvalue weighted by molar-refractivity contribution is 7.79. The summed E-state index contributed by atoms with van der Waals surface area (Å²) in [5.41, 5.74) is 1.42. The van der Waals surface area contributed by atoms with Crippen LogP contribution in [-0.2, 0) is 14.3 Å². The first-order chi connectivity index (χ1) is 26.4. The van der Waals surface area contributed by atoms with Gasteiger partial charge in [0.05, 0.1) is 26.8 Å². The molecule has 0 saturated heterocycles. The van der Waals surface area contributed by atoms with Crippen LogP contribution in [0.25, 0.3) is 0 Å². The first-order valence-electron chi connectivity index (χ1n) is 23.5. The minimum Gasteiger partial charge on any atom is -0.476 e. The number of ketones is 1. The number of rotatable bonds is 39. The van der Waals surface area contributed by atoms with E-state index in [0.29, 0.717) is 24.0 Å². The molecule has 2 atom stereocenters. The molecular weight excluding hydrogens is 687 g/mol. The smallest absolute Gasteiger partial charge is 0.246 e. The molecule has 1 aliphatic heterocycles. The maximum absolute atomic E-state index is 11.0. The average molecular weight is 777 g/mol. The lowest BCUT2D eigenvalue weighted by Crippen LogP contribution is -2.57. The molecule has 0 aromatic carbocycles. The Bertz CT molecular complexity index is 970. The summed E-state index contributed by atoms with van der Waals surface area (Å²) in [6, 6.07) is 0. The number of likely N-dealkylation sites (N-methyl/N-ethyl adjacent to an activating group) is 1. The molecule has 0 aromatic heterocycles. The zero-order valence-corrected chi connectivity index (χ0v) is 37.3. The molecule has 1 N–H and O–H groups in total. The predicted molar refractivity (Wildman–Crippen MR) is 238 cm³/mol. The van der Waals surface area contributed by atoms with E-state index in [2.05, 4.69) is 44.2 Å². The Morgan fingerprint density at radius 1 is 0.685 bits per heavy atom. The molecule has 0 fully saturated rings. The number of Topliss-reactive ketones (excluding diaryl/α,β-unsaturated/α-hetero) is 1. The van der Waals surface area contributed by atoms with Crippen molar-refractivity contribution in [2.75, 3.05) is 33.4 Å². The van der Waals surface area contributed by atoms with Crippen LogP contribution in [0.4, 0.5) is 0 Å². The molecule has 2 unspecified atom stereocenters. The molecule has 1 rings (SSSR count). The fourth-order valence-electron chi connectivity index (χ4n) is 8.03. The maximum Gasteiger partial charge on any atom is 0.246 e. The average Bonchev–Trinajstić information content (AvgIpc) is 3.16. The molecular formula is C47H90N3O3S+. The predicted octanol–water partition coefficient (Wildman–Crippen LogP) is 14.5. The molecule has 6 nitrogen and oxygen atoms in total. The van der Waals surface area contributed by atoms with Crippen LogP contribution in [-0.4, -0.2) is 61.5 Å². The number of ether oxygens (including phenoxy) is 2. The van der Waals surface area contributed by atoms with Gasteiger partial charge in [-0.25, -0.2) is 0 Å². The van der Waals surface area contributed by atoms with E-state index >= 15 is 0 Å². The van der Waals surface area contributed by atoms with Crippen LogP contribution in [0.3, 0.4) is 0 Å². The molecule has 1 heterocycles. The fraction of sp³-hybridized carbons (Fsp3) is 0.894. The van der Waals surface area contributed by atoms with Gasteiger partial charge in [0.15, 0.2) is 6.23 Å². The minimum absolute atomic E-state index is 0.168. The van der Waals surface area contributed by atoms with Crippen LogP contribution in [0.15, 0.2) is 16.0 Å². The van der Waals surface area contributed by atoms with Gasteiger partial charge in [-0.2, -0.15) is 4.40 Å². The molecule has 316 valence electrons. The standard InChI is InChI=1S/C47H89N3O3S/c1-5-7-9-11-12-22-26-29-32-38-45(50(4)39-35-37-44(42-50)46(48)47(49-54)53-41-33-10-8-6-2)52-40-34-30-27-24-21-19-17-15-13-14-16-18-20-23-25-28-31-36-43(3)51/h37,45H,5-36,38-42H2,1-4H3,(H-,48,54)/p+1. The molecule has 0 saturated carbocycles. The molecule has 0 amide bonds. The van der Waals surface area contributed by atoms with Crippen LogP contribution in [0, 0.1) is 5.41 Å². The summed E-state index contributed by atoms with van der Waals surface area (Å²) < 4.78 is 17.7. The van der Waals surface area contributed by atoms with Crippen LogP contribution in [0.1, 0.15) is 233 Å². The van der Waals surface area contributed by atoms with Gasteiger partial charge in [-0.3, -0.25) is 9.89 Å². The van der Waals surface area contributed by atoms with Crippen molar-refractivity contribution in [1.82, 2.24) is 0 Å². The van der Waals surface area contributed by atoms with Crippen molar-refractivity contribution in [1.29, 1.82) is 5.41 Å². The first-order valence-corrected chi connectivity index (χ1v) is 23.9. The number of nitrogens with one attached hydrogen (secondary N) is 1. The quantitative estimate of drug-likeness (QED) is 0.0215. The van der Waals surface area contributed by atoms with E-state index in [1.807, 2.05) is 0 Å². The molecule has 0 aromatic rings. The number of carbonyl (C=O) groups is 1. The van der Waals surface area contributed by atoms with E-state index in [4.69, 9.17) is 14.9 Å². The van der Waals surface area contributed by atoms with Gasteiger partial charge < -0.3 is 14.3 Å². The Balaban J connectivity index is 2.37. The summed E-state index contributed by atoms with van der Waals surface area (Å²) in [5, 5.41) is 8.98. The SMILES string of the molecule is CCCCCCCCCCCC(OCCCCCCCCCCCCCCCCCCCC(C)=O)[N+]1(C)CCC=C(C(=N)/C(=N\S)OCCCCCC)C1. The highest BCUT2D eigenvalue weighted by Crippen LogP contribution is 2.27.